The average molecular weight is 631 g/mol. The van der Waals surface area contributed by atoms with Gasteiger partial charge in [0.05, 0.1) is 0 Å². The lowest BCUT2D eigenvalue weighted by atomic mass is 9.94. The van der Waals surface area contributed by atoms with Gasteiger partial charge in [-0.25, -0.2) is 0 Å². The Morgan fingerprint density at radius 1 is 0.946 bits per heavy atom. The molecular weight excluding hydrogens is 599 g/mol. The molecule has 2 amide bonds. The van der Waals surface area contributed by atoms with Crippen LogP contribution in [-0.2, 0) is 22.6 Å². The van der Waals surface area contributed by atoms with Crippen LogP contribution in [0.1, 0.15) is 43.2 Å². The van der Waals surface area contributed by atoms with Crippen LogP contribution in [-0.4, -0.2) is 35.4 Å². The summed E-state index contributed by atoms with van der Waals surface area (Å²) < 4.78 is 6.93. The van der Waals surface area contributed by atoms with Gasteiger partial charge >= 0.3 is 0 Å². The fourth-order valence-corrected chi connectivity index (χ4v) is 5.26. The van der Waals surface area contributed by atoms with Crippen LogP contribution in [0.15, 0.2) is 78.9 Å². The van der Waals surface area contributed by atoms with E-state index < -0.39 is 6.04 Å². The molecule has 1 unspecified atom stereocenters. The smallest absolute Gasteiger partial charge is 0.261 e. The van der Waals surface area contributed by atoms with E-state index in [-0.39, 0.29) is 31.0 Å². The minimum atomic E-state index is -0.684. The molecule has 194 valence electrons. The summed E-state index contributed by atoms with van der Waals surface area (Å²) >= 11 is 8.48. The zero-order valence-corrected chi connectivity index (χ0v) is 23.7. The summed E-state index contributed by atoms with van der Waals surface area (Å²) in [6.07, 6.45) is 5.79. The van der Waals surface area contributed by atoms with Crippen LogP contribution in [0.5, 0.6) is 5.75 Å². The van der Waals surface area contributed by atoms with Crippen LogP contribution in [0.25, 0.3) is 0 Å². The molecule has 0 aliphatic heterocycles. The molecule has 0 radical (unpaired) electrons. The van der Waals surface area contributed by atoms with Crippen molar-refractivity contribution >= 4 is 46.0 Å². The van der Waals surface area contributed by atoms with Crippen LogP contribution in [0.3, 0.4) is 0 Å². The maximum absolute atomic E-state index is 13.8. The van der Waals surface area contributed by atoms with E-state index in [1.54, 1.807) is 11.0 Å². The van der Waals surface area contributed by atoms with E-state index in [2.05, 4.69) is 27.9 Å². The van der Waals surface area contributed by atoms with Crippen molar-refractivity contribution in [1.29, 1.82) is 0 Å². The second-order valence-corrected chi connectivity index (χ2v) is 11.1. The number of nitrogens with one attached hydrogen (secondary N) is 1. The first-order valence-electron chi connectivity index (χ1n) is 12.7. The van der Waals surface area contributed by atoms with Crippen molar-refractivity contribution in [1.82, 2.24) is 10.2 Å². The Hall–Kier alpha value is -2.58. The molecule has 37 heavy (non-hydrogen) atoms. The highest BCUT2D eigenvalue weighted by molar-refractivity contribution is 14.1. The van der Waals surface area contributed by atoms with Gasteiger partial charge in [-0.1, -0.05) is 73.3 Å². The zero-order valence-electron chi connectivity index (χ0n) is 20.7. The normalized spacial score (nSPS) is 14.5. The van der Waals surface area contributed by atoms with E-state index in [1.807, 2.05) is 72.8 Å². The van der Waals surface area contributed by atoms with Gasteiger partial charge in [0.1, 0.15) is 11.8 Å². The number of amides is 2. The molecule has 1 N–H and O–H groups in total. The largest absolute Gasteiger partial charge is 0.484 e. The summed E-state index contributed by atoms with van der Waals surface area (Å²) in [4.78, 5) is 29.1. The highest BCUT2D eigenvalue weighted by Crippen LogP contribution is 2.21. The zero-order chi connectivity index (χ0) is 26.0. The van der Waals surface area contributed by atoms with Crippen molar-refractivity contribution in [3.63, 3.8) is 0 Å². The molecule has 1 aliphatic rings. The predicted octanol–water partition coefficient (Wildman–Crippen LogP) is 6.41. The molecular formula is C30H32ClIN2O3. The standard InChI is InChI=1S/C30H32ClIN2O3/c31-24-11-7-10-23(18-24)20-34(29(35)21-37-27-16-14-25(32)15-17-27)28(19-22-8-3-1-4-9-22)30(36)33-26-12-5-2-6-13-26/h1,3-4,7-11,14-18,26,28H,2,5-6,12-13,19-21H2,(H,33,36). The van der Waals surface area contributed by atoms with Gasteiger partial charge in [-0.3, -0.25) is 9.59 Å². The molecule has 0 heterocycles. The number of ether oxygens (including phenoxy) is 1. The number of halogens is 2. The Labute approximate surface area is 237 Å². The van der Waals surface area contributed by atoms with Crippen molar-refractivity contribution in [2.24, 2.45) is 0 Å². The van der Waals surface area contributed by atoms with E-state index in [9.17, 15) is 9.59 Å². The lowest BCUT2D eigenvalue weighted by Gasteiger charge is -2.33. The van der Waals surface area contributed by atoms with Gasteiger partial charge in [0.15, 0.2) is 6.61 Å². The Morgan fingerprint density at radius 3 is 2.35 bits per heavy atom. The van der Waals surface area contributed by atoms with Gasteiger partial charge in [-0.15, -0.1) is 0 Å². The topological polar surface area (TPSA) is 58.6 Å². The highest BCUT2D eigenvalue weighted by Gasteiger charge is 2.32. The van der Waals surface area contributed by atoms with E-state index in [0.29, 0.717) is 17.2 Å². The van der Waals surface area contributed by atoms with Gasteiger partial charge in [0.25, 0.3) is 5.91 Å². The molecule has 7 heteroatoms. The molecule has 1 fully saturated rings. The summed E-state index contributed by atoms with van der Waals surface area (Å²) in [6, 6.07) is 24.3. The third-order valence-electron chi connectivity index (χ3n) is 6.64. The van der Waals surface area contributed by atoms with Crippen LogP contribution >= 0.6 is 34.2 Å². The number of benzene rings is 3. The lowest BCUT2D eigenvalue weighted by molar-refractivity contribution is -0.143. The number of hydrogen-bond acceptors (Lipinski definition) is 3. The molecule has 1 saturated carbocycles. The summed E-state index contributed by atoms with van der Waals surface area (Å²) in [6.45, 7) is 0.0915. The second-order valence-electron chi connectivity index (χ2n) is 9.44. The first-order chi connectivity index (χ1) is 18.0. The molecule has 3 aromatic rings. The molecule has 0 aromatic heterocycles. The Balaban J connectivity index is 1.60. The summed E-state index contributed by atoms with van der Waals surface area (Å²) in [5.41, 5.74) is 1.85. The number of nitrogens with zero attached hydrogens (tertiary/aromatic N) is 1. The van der Waals surface area contributed by atoms with Crippen LogP contribution in [0, 0.1) is 3.57 Å². The van der Waals surface area contributed by atoms with Gasteiger partial charge in [-0.2, -0.15) is 0 Å². The molecule has 0 spiro atoms. The third-order valence-corrected chi connectivity index (χ3v) is 7.59. The molecule has 1 atom stereocenters. The van der Waals surface area contributed by atoms with Crippen molar-refractivity contribution in [3.05, 3.63) is 98.6 Å². The number of hydrogen-bond donors (Lipinski definition) is 1. The van der Waals surface area contributed by atoms with Crippen LogP contribution in [0.2, 0.25) is 5.02 Å². The van der Waals surface area contributed by atoms with Gasteiger partial charge in [0.2, 0.25) is 5.91 Å². The number of carbonyl (C=O) groups is 2. The van der Waals surface area contributed by atoms with Gasteiger partial charge < -0.3 is 15.0 Å². The van der Waals surface area contributed by atoms with Crippen LogP contribution in [0.4, 0.5) is 0 Å². The predicted molar refractivity (Wildman–Crippen MR) is 156 cm³/mol. The molecule has 0 saturated heterocycles. The number of rotatable bonds is 10. The van der Waals surface area contributed by atoms with E-state index in [0.717, 1.165) is 40.4 Å². The quantitative estimate of drug-likeness (QED) is 0.264. The van der Waals surface area contributed by atoms with Gasteiger partial charge in [-0.05, 0) is 83.0 Å². The van der Waals surface area contributed by atoms with E-state index in [1.165, 1.54) is 6.42 Å². The summed E-state index contributed by atoms with van der Waals surface area (Å²) in [5, 5.41) is 3.84. The highest BCUT2D eigenvalue weighted by atomic mass is 127. The molecule has 0 bridgehead atoms. The second kappa shape index (κ2) is 13.8. The first kappa shape index (κ1) is 27.5. The maximum Gasteiger partial charge on any atom is 0.261 e. The van der Waals surface area contributed by atoms with Crippen LogP contribution < -0.4 is 10.1 Å². The van der Waals surface area contributed by atoms with E-state index >= 15 is 0 Å². The minimum Gasteiger partial charge on any atom is -0.484 e. The molecule has 4 rings (SSSR count). The molecule has 5 nitrogen and oxygen atoms in total. The monoisotopic (exact) mass is 630 g/mol. The Morgan fingerprint density at radius 2 is 1.65 bits per heavy atom. The molecule has 1 aliphatic carbocycles. The third kappa shape index (κ3) is 8.47. The molecule has 3 aromatic carbocycles. The fourth-order valence-electron chi connectivity index (χ4n) is 4.69. The Kier molecular flexibility index (Phi) is 10.3. The van der Waals surface area contributed by atoms with Crippen molar-refractivity contribution in [2.75, 3.05) is 6.61 Å². The van der Waals surface area contributed by atoms with Crippen molar-refractivity contribution in [2.45, 2.75) is 57.2 Å². The summed E-state index contributed by atoms with van der Waals surface area (Å²) in [7, 11) is 0. The first-order valence-corrected chi connectivity index (χ1v) is 14.2. The minimum absolute atomic E-state index is 0.125. The maximum atomic E-state index is 13.8. The van der Waals surface area contributed by atoms with Gasteiger partial charge in [0, 0.05) is 27.6 Å². The van der Waals surface area contributed by atoms with E-state index in [4.69, 9.17) is 16.3 Å². The Bertz CT molecular complexity index is 1170. The number of carbonyl (C=O) groups excluding carboxylic acids is 2. The SMILES string of the molecule is O=C(NC1CCCCC1)C(Cc1ccccc1)N(Cc1cccc(Cl)c1)C(=O)COc1ccc(I)cc1. The fraction of sp³-hybridized carbons (Fsp3) is 0.333. The average Bonchev–Trinajstić information content (AvgIpc) is 2.91. The van der Waals surface area contributed by atoms with Crippen molar-refractivity contribution < 1.29 is 14.3 Å². The lowest BCUT2D eigenvalue weighted by Crippen LogP contribution is -2.53. The summed E-state index contributed by atoms with van der Waals surface area (Å²) in [5.74, 6) is 0.237. The van der Waals surface area contributed by atoms with Crippen molar-refractivity contribution in [3.8, 4) is 5.75 Å².